The molecule has 1 aliphatic rings. The first-order chi connectivity index (χ1) is 15.7. The molecule has 0 aromatic heterocycles. The van der Waals surface area contributed by atoms with Gasteiger partial charge in [-0.2, -0.15) is 0 Å². The highest BCUT2D eigenvalue weighted by Gasteiger charge is 2.24. The molecule has 184 valence electrons. The normalized spacial score (nSPS) is 21.1. The first-order valence-corrected chi connectivity index (χ1v) is 13.0. The second kappa shape index (κ2) is 13.9. The number of allylic oxidation sites excluding steroid dienone is 3. The number of benzene rings is 1. The van der Waals surface area contributed by atoms with Crippen LogP contribution in [0, 0.1) is 0 Å². The monoisotopic (exact) mass is 454 g/mol. The van der Waals surface area contributed by atoms with Crippen molar-refractivity contribution in [2.75, 3.05) is 0 Å². The average Bonchev–Trinajstić information content (AvgIpc) is 2.75. The van der Waals surface area contributed by atoms with E-state index in [2.05, 4.69) is 49.9 Å². The molecule has 2 rings (SSSR count). The molecule has 3 heteroatoms. The molecule has 1 saturated carbocycles. The number of aliphatic hydroxyl groups is 3. The molecule has 0 spiro atoms. The van der Waals surface area contributed by atoms with Crippen LogP contribution >= 0.6 is 0 Å². The molecule has 3 nitrogen and oxygen atoms in total. The van der Waals surface area contributed by atoms with Crippen LogP contribution in [0.3, 0.4) is 0 Å². The van der Waals surface area contributed by atoms with Crippen LogP contribution in [0.25, 0.3) is 5.57 Å². The summed E-state index contributed by atoms with van der Waals surface area (Å²) < 4.78 is 0. The van der Waals surface area contributed by atoms with E-state index in [1.165, 1.54) is 36.0 Å². The molecule has 0 amide bonds. The van der Waals surface area contributed by atoms with E-state index in [4.69, 9.17) is 0 Å². The Kier molecular flexibility index (Phi) is 11.6. The molecule has 3 N–H and O–H groups in total. The van der Waals surface area contributed by atoms with Crippen molar-refractivity contribution in [3.63, 3.8) is 0 Å². The van der Waals surface area contributed by atoms with Crippen molar-refractivity contribution in [3.8, 4) is 0 Å². The average molecular weight is 455 g/mol. The smallest absolute Gasteiger partial charge is 0.0811 e. The molecule has 33 heavy (non-hydrogen) atoms. The van der Waals surface area contributed by atoms with Crippen LogP contribution < -0.4 is 0 Å². The molecule has 0 heterocycles. The second-order valence-corrected chi connectivity index (χ2v) is 10.4. The molecule has 1 aliphatic carbocycles. The minimum atomic E-state index is -0.652. The Balaban J connectivity index is 2.11. The van der Waals surface area contributed by atoms with E-state index < -0.39 is 17.8 Å². The van der Waals surface area contributed by atoms with Crippen LogP contribution in [0.4, 0.5) is 0 Å². The number of unbranched alkanes of at least 4 members (excludes halogenated alkanes) is 5. The minimum Gasteiger partial charge on any atom is -0.393 e. The predicted octanol–water partition coefficient (Wildman–Crippen LogP) is 6.91. The summed E-state index contributed by atoms with van der Waals surface area (Å²) in [5.74, 6) is 0. The van der Waals surface area contributed by atoms with Crippen LogP contribution in [0.2, 0.25) is 0 Å². The largest absolute Gasteiger partial charge is 0.393 e. The van der Waals surface area contributed by atoms with Gasteiger partial charge in [-0.25, -0.2) is 0 Å². The number of rotatable bonds is 13. The fourth-order valence-electron chi connectivity index (χ4n) is 4.51. The SMILES string of the molecule is C=C1/C(=C\C=C(\CCCCCC)c2cccc(CCCCCC(C)(C)O)c2)C[C@@H](O)C[C@@H]1O. The summed E-state index contributed by atoms with van der Waals surface area (Å²) >= 11 is 0. The Morgan fingerprint density at radius 2 is 1.85 bits per heavy atom. The zero-order chi connectivity index (χ0) is 24.3. The molecule has 0 unspecified atom stereocenters. The lowest BCUT2D eigenvalue weighted by Gasteiger charge is -2.26. The number of aliphatic hydroxyl groups excluding tert-OH is 2. The van der Waals surface area contributed by atoms with Gasteiger partial charge in [0.25, 0.3) is 0 Å². The maximum atomic E-state index is 10.2. The zero-order valence-electron chi connectivity index (χ0n) is 21.2. The quantitative estimate of drug-likeness (QED) is 0.284. The van der Waals surface area contributed by atoms with Gasteiger partial charge in [0, 0.05) is 6.42 Å². The van der Waals surface area contributed by atoms with Gasteiger partial charge in [0.15, 0.2) is 0 Å². The third-order valence-electron chi connectivity index (χ3n) is 6.60. The third kappa shape index (κ3) is 10.4. The molecular weight excluding hydrogens is 408 g/mol. The molecule has 0 saturated heterocycles. The standard InChI is InChI=1S/C30H46O3/c1-5-6-7-10-15-25(17-18-26-21-28(31)22-29(32)23(26)2)27-16-12-14-24(20-27)13-9-8-11-19-30(3,4)33/h12,14,16-18,20,28-29,31-33H,2,5-11,13,15,19,21-22H2,1,3-4H3/b25-17-,26-18-/t28-,29+/m1/s1. The fraction of sp³-hybridized carbons (Fsp3) is 0.600. The fourth-order valence-corrected chi connectivity index (χ4v) is 4.51. The molecule has 0 bridgehead atoms. The molecule has 1 fully saturated rings. The summed E-state index contributed by atoms with van der Waals surface area (Å²) in [6, 6.07) is 8.88. The number of hydrogen-bond acceptors (Lipinski definition) is 3. The van der Waals surface area contributed by atoms with E-state index in [0.29, 0.717) is 12.8 Å². The lowest BCUT2D eigenvalue weighted by Crippen LogP contribution is -2.26. The molecule has 1 aromatic carbocycles. The molecule has 0 aliphatic heterocycles. The lowest BCUT2D eigenvalue weighted by molar-refractivity contribution is 0.0680. The maximum absolute atomic E-state index is 10.2. The Morgan fingerprint density at radius 1 is 1.09 bits per heavy atom. The summed E-state index contributed by atoms with van der Waals surface area (Å²) in [4.78, 5) is 0. The molecule has 2 atom stereocenters. The van der Waals surface area contributed by atoms with Gasteiger partial charge in [-0.1, -0.05) is 82.0 Å². The highest BCUT2D eigenvalue weighted by Crippen LogP contribution is 2.30. The van der Waals surface area contributed by atoms with Gasteiger partial charge in [0.05, 0.1) is 17.8 Å². The molecule has 1 aromatic rings. The predicted molar refractivity (Wildman–Crippen MR) is 140 cm³/mol. The Morgan fingerprint density at radius 3 is 2.58 bits per heavy atom. The van der Waals surface area contributed by atoms with Crippen LogP contribution in [0.5, 0.6) is 0 Å². The summed E-state index contributed by atoms with van der Waals surface area (Å²) in [6.07, 6.45) is 15.1. The second-order valence-electron chi connectivity index (χ2n) is 10.4. The van der Waals surface area contributed by atoms with Crippen molar-refractivity contribution in [3.05, 3.63) is 65.3 Å². The van der Waals surface area contributed by atoms with E-state index in [1.807, 2.05) is 13.8 Å². The van der Waals surface area contributed by atoms with Gasteiger partial charge >= 0.3 is 0 Å². The van der Waals surface area contributed by atoms with Gasteiger partial charge in [-0.3, -0.25) is 0 Å². The van der Waals surface area contributed by atoms with E-state index in [-0.39, 0.29) is 0 Å². The van der Waals surface area contributed by atoms with Crippen LogP contribution in [-0.2, 0) is 6.42 Å². The Bertz CT molecular complexity index is 797. The summed E-state index contributed by atoms with van der Waals surface area (Å²) in [6.45, 7) is 10.0. The first-order valence-electron chi connectivity index (χ1n) is 13.0. The van der Waals surface area contributed by atoms with Crippen molar-refractivity contribution in [1.29, 1.82) is 0 Å². The van der Waals surface area contributed by atoms with Crippen molar-refractivity contribution < 1.29 is 15.3 Å². The van der Waals surface area contributed by atoms with Crippen LogP contribution in [0.15, 0.2) is 54.1 Å². The number of hydrogen-bond donors (Lipinski definition) is 3. The zero-order valence-corrected chi connectivity index (χ0v) is 21.2. The summed E-state index contributed by atoms with van der Waals surface area (Å²) in [7, 11) is 0. The Hall–Kier alpha value is -1.68. The van der Waals surface area contributed by atoms with Crippen molar-refractivity contribution in [2.45, 2.75) is 116 Å². The van der Waals surface area contributed by atoms with Crippen molar-refractivity contribution in [1.82, 2.24) is 0 Å². The van der Waals surface area contributed by atoms with Gasteiger partial charge in [-0.15, -0.1) is 0 Å². The molecular formula is C30H46O3. The minimum absolute atomic E-state index is 0.377. The summed E-state index contributed by atoms with van der Waals surface area (Å²) in [5, 5.41) is 30.1. The van der Waals surface area contributed by atoms with Crippen molar-refractivity contribution >= 4 is 5.57 Å². The lowest BCUT2D eigenvalue weighted by atomic mass is 9.85. The van der Waals surface area contributed by atoms with E-state index in [9.17, 15) is 15.3 Å². The van der Waals surface area contributed by atoms with Gasteiger partial charge in [0.2, 0.25) is 0 Å². The highest BCUT2D eigenvalue weighted by molar-refractivity contribution is 5.68. The topological polar surface area (TPSA) is 60.7 Å². The van der Waals surface area contributed by atoms with Crippen molar-refractivity contribution in [2.24, 2.45) is 0 Å². The highest BCUT2D eigenvalue weighted by atomic mass is 16.3. The van der Waals surface area contributed by atoms with Gasteiger partial charge in [-0.05, 0) is 80.2 Å². The van der Waals surface area contributed by atoms with Gasteiger partial charge < -0.3 is 15.3 Å². The third-order valence-corrected chi connectivity index (χ3v) is 6.60. The molecule has 0 radical (unpaired) electrons. The van der Waals surface area contributed by atoms with Crippen LogP contribution in [-0.4, -0.2) is 33.1 Å². The number of aryl methyl sites for hydroxylation is 1. The summed E-state index contributed by atoms with van der Waals surface area (Å²) in [5.41, 5.74) is 5.05. The maximum Gasteiger partial charge on any atom is 0.0811 e. The Labute approximate surface area is 201 Å². The first kappa shape index (κ1) is 27.6. The van der Waals surface area contributed by atoms with E-state index in [1.54, 1.807) is 0 Å². The van der Waals surface area contributed by atoms with Gasteiger partial charge in [0.1, 0.15) is 0 Å². The van der Waals surface area contributed by atoms with Crippen LogP contribution in [0.1, 0.15) is 103 Å². The van der Waals surface area contributed by atoms with E-state index in [0.717, 1.165) is 56.1 Å². The van der Waals surface area contributed by atoms with E-state index >= 15 is 0 Å².